The van der Waals surface area contributed by atoms with Gasteiger partial charge in [-0.25, -0.2) is 0 Å². The number of carbonyl (C=O) groups excluding carboxylic acids is 2. The van der Waals surface area contributed by atoms with Crippen LogP contribution < -0.4 is 5.32 Å². The van der Waals surface area contributed by atoms with E-state index in [4.69, 9.17) is 33.5 Å². The van der Waals surface area contributed by atoms with Crippen molar-refractivity contribution in [3.63, 3.8) is 0 Å². The Bertz CT molecular complexity index is 1180. The highest BCUT2D eigenvalue weighted by atomic mass is 16.7. The van der Waals surface area contributed by atoms with Crippen LogP contribution in [0.4, 0.5) is 0 Å². The first kappa shape index (κ1) is 49.1. The largest absolute Gasteiger partial charge is 0.481 e. The molecule has 3 aliphatic heterocycles. The van der Waals surface area contributed by atoms with Crippen molar-refractivity contribution in [1.82, 2.24) is 10.2 Å². The fourth-order valence-electron chi connectivity index (χ4n) is 6.50. The Morgan fingerprint density at radius 2 is 1.12 bits per heavy atom. The molecule has 0 saturated carbocycles. The second-order valence-electron chi connectivity index (χ2n) is 14.3. The van der Waals surface area contributed by atoms with Crippen molar-refractivity contribution in [2.75, 3.05) is 46.1 Å². The third-order valence-corrected chi connectivity index (χ3v) is 10.0. The number of hydrogen-bond donors (Lipinski definition) is 13. The Balaban J connectivity index is 1.78. The molecule has 3 rings (SSSR count). The second kappa shape index (κ2) is 24.1. The molecule has 0 bridgehead atoms. The Hall–Kier alpha value is -2.27. The quantitative estimate of drug-likeness (QED) is 0.0336. The van der Waals surface area contributed by atoms with Gasteiger partial charge in [0.1, 0.15) is 73.2 Å². The maximum Gasteiger partial charge on any atom is 0.325 e. The van der Waals surface area contributed by atoms with Gasteiger partial charge in [0.2, 0.25) is 12.2 Å². The molecule has 57 heavy (non-hydrogen) atoms. The van der Waals surface area contributed by atoms with E-state index in [2.05, 4.69) is 5.32 Å². The van der Waals surface area contributed by atoms with Crippen molar-refractivity contribution in [3.8, 4) is 0 Å². The number of unbranched alkanes of at least 4 members (excludes halogenated alkanes) is 2. The number of esters is 1. The van der Waals surface area contributed by atoms with Gasteiger partial charge in [-0.05, 0) is 39.0 Å². The van der Waals surface area contributed by atoms with Crippen LogP contribution in [-0.4, -0.2) is 228 Å². The first-order valence-electron chi connectivity index (χ1n) is 19.0. The number of carboxylic acids is 1. The molecule has 3 fully saturated rings. The van der Waals surface area contributed by atoms with Crippen molar-refractivity contribution < 1.29 is 104 Å². The summed E-state index contributed by atoms with van der Waals surface area (Å²) in [4.78, 5) is 38.3. The van der Waals surface area contributed by atoms with Gasteiger partial charge in [0.15, 0.2) is 12.6 Å². The highest BCUT2D eigenvalue weighted by Crippen LogP contribution is 2.26. The van der Waals surface area contributed by atoms with Crippen molar-refractivity contribution in [1.29, 1.82) is 0 Å². The van der Waals surface area contributed by atoms with Crippen LogP contribution in [0.15, 0.2) is 0 Å². The third kappa shape index (κ3) is 14.2. The predicted molar refractivity (Wildman–Crippen MR) is 186 cm³/mol. The lowest BCUT2D eigenvalue weighted by atomic mass is 9.99. The summed E-state index contributed by atoms with van der Waals surface area (Å²) in [5.74, 6) is -2.25. The number of ether oxygens (including phenoxy) is 6. The number of aliphatic carboxylic acids is 1. The lowest BCUT2D eigenvalue weighted by Crippen LogP contribution is -2.60. The van der Waals surface area contributed by atoms with Crippen LogP contribution in [0.25, 0.3) is 0 Å². The Morgan fingerprint density at radius 1 is 0.632 bits per heavy atom. The van der Waals surface area contributed by atoms with Gasteiger partial charge in [-0.15, -0.1) is 0 Å². The zero-order valence-corrected chi connectivity index (χ0v) is 31.6. The van der Waals surface area contributed by atoms with Gasteiger partial charge < -0.3 is 95.0 Å². The molecule has 0 aromatic rings. The van der Waals surface area contributed by atoms with Gasteiger partial charge >= 0.3 is 11.9 Å². The van der Waals surface area contributed by atoms with Gasteiger partial charge in [0.05, 0.1) is 32.5 Å². The molecule has 3 saturated heterocycles. The van der Waals surface area contributed by atoms with Crippen LogP contribution in [0.5, 0.6) is 0 Å². The summed E-state index contributed by atoms with van der Waals surface area (Å²) in [7, 11) is 0. The van der Waals surface area contributed by atoms with Crippen molar-refractivity contribution in [3.05, 3.63) is 0 Å². The van der Waals surface area contributed by atoms with E-state index in [-0.39, 0.29) is 64.4 Å². The molecule has 23 nitrogen and oxygen atoms in total. The molecular weight excluding hydrogens is 772 g/mol. The summed E-state index contributed by atoms with van der Waals surface area (Å²) < 4.78 is 33.1. The molecule has 1 unspecified atom stereocenters. The van der Waals surface area contributed by atoms with Gasteiger partial charge in [-0.3, -0.25) is 19.3 Å². The minimum atomic E-state index is -1.84. The van der Waals surface area contributed by atoms with Crippen molar-refractivity contribution in [2.45, 2.75) is 150 Å². The molecule has 16 atom stereocenters. The van der Waals surface area contributed by atoms with Crippen LogP contribution in [0.2, 0.25) is 0 Å². The van der Waals surface area contributed by atoms with Crippen molar-refractivity contribution >= 4 is 17.8 Å². The minimum absolute atomic E-state index is 0.0109. The molecule has 0 spiro atoms. The van der Waals surface area contributed by atoms with Crippen LogP contribution in [0.1, 0.15) is 51.9 Å². The number of carboxylic acid groups (broad SMARTS) is 1. The topological polar surface area (TPSA) is 365 Å². The highest BCUT2D eigenvalue weighted by Gasteiger charge is 2.47. The first-order chi connectivity index (χ1) is 27.0. The summed E-state index contributed by atoms with van der Waals surface area (Å²) >= 11 is 0. The second-order valence-corrected chi connectivity index (χ2v) is 14.3. The molecule has 3 aliphatic rings. The van der Waals surface area contributed by atoms with Gasteiger partial charge in [0, 0.05) is 32.5 Å². The normalized spacial score (nSPS) is 36.5. The average molecular weight is 833 g/mol. The molecule has 0 aliphatic carbocycles. The first-order valence-corrected chi connectivity index (χ1v) is 19.0. The van der Waals surface area contributed by atoms with E-state index in [1.165, 1.54) is 11.8 Å². The van der Waals surface area contributed by atoms with Crippen LogP contribution in [0, 0.1) is 0 Å². The molecule has 0 radical (unpaired) electrons. The van der Waals surface area contributed by atoms with Gasteiger partial charge in [0.25, 0.3) is 0 Å². The van der Waals surface area contributed by atoms with E-state index in [0.29, 0.717) is 19.3 Å². The number of aliphatic hydroxyl groups is 11. The maximum absolute atomic E-state index is 13.9. The smallest absolute Gasteiger partial charge is 0.325 e. The molecule has 23 heteroatoms. The molecule has 332 valence electrons. The number of nitrogens with one attached hydrogen (secondary N) is 1. The molecule has 0 aromatic carbocycles. The molecule has 0 aromatic heterocycles. The third-order valence-electron chi connectivity index (χ3n) is 10.0. The van der Waals surface area contributed by atoms with E-state index < -0.39 is 123 Å². The van der Waals surface area contributed by atoms with E-state index in [9.17, 15) is 70.6 Å². The Labute approximate surface area is 328 Å². The van der Waals surface area contributed by atoms with E-state index >= 15 is 0 Å². The summed E-state index contributed by atoms with van der Waals surface area (Å²) in [6, 6.07) is -1.23. The monoisotopic (exact) mass is 832 g/mol. The summed E-state index contributed by atoms with van der Waals surface area (Å²) in [5.41, 5.74) is 0. The lowest BCUT2D eigenvalue weighted by Gasteiger charge is -2.41. The number of aliphatic hydroxyl groups excluding tert-OH is 11. The molecule has 3 heterocycles. The van der Waals surface area contributed by atoms with Crippen LogP contribution >= 0.6 is 0 Å². The Kier molecular flexibility index (Phi) is 20.8. The number of carbonyl (C=O) groups is 3. The molecule has 1 amide bonds. The van der Waals surface area contributed by atoms with E-state index in [0.717, 1.165) is 0 Å². The minimum Gasteiger partial charge on any atom is -0.481 e. The van der Waals surface area contributed by atoms with Gasteiger partial charge in [-0.1, -0.05) is 0 Å². The molecule has 13 N–H and O–H groups in total. The molecular formula is C34H60N2O21. The number of nitrogens with zero attached hydrogens (tertiary/aromatic N) is 1. The van der Waals surface area contributed by atoms with E-state index in [1.807, 2.05) is 0 Å². The lowest BCUT2D eigenvalue weighted by molar-refractivity contribution is -0.303. The summed E-state index contributed by atoms with van der Waals surface area (Å²) in [6.45, 7) is -0.916. The highest BCUT2D eigenvalue weighted by molar-refractivity contribution is 5.76. The maximum atomic E-state index is 13.9. The Morgan fingerprint density at radius 3 is 1.63 bits per heavy atom. The van der Waals surface area contributed by atoms with Crippen LogP contribution in [-0.2, 0) is 42.8 Å². The average Bonchev–Trinajstić information content (AvgIpc) is 3.18. The van der Waals surface area contributed by atoms with Crippen LogP contribution in [0.3, 0.4) is 0 Å². The fraction of sp³-hybridized carbons (Fsp3) is 0.912. The number of amides is 1. The zero-order valence-electron chi connectivity index (χ0n) is 31.6. The number of rotatable bonds is 23. The summed E-state index contributed by atoms with van der Waals surface area (Å²) in [6.07, 6.45) is -22.4. The van der Waals surface area contributed by atoms with E-state index in [1.54, 1.807) is 0 Å². The predicted octanol–water partition coefficient (Wildman–Crippen LogP) is -6.41. The van der Waals surface area contributed by atoms with Crippen molar-refractivity contribution in [2.24, 2.45) is 0 Å². The SMILES string of the molecule is C[C@@H]1O[C@@H](OC(=O)C(CCCCNC(=O)CCCCC(=O)O)N(CCO[C@H]2O[C@H](CO)[C@@H](O)[C@H](O)[C@@H]2O)CCO[C@H]2O[C@H](CO)[C@@H](O)[C@H](O)[C@@H]2O)[C@@H](O)[C@H](O)[C@@H]1O. The summed E-state index contributed by atoms with van der Waals surface area (Å²) in [5, 5.41) is 123. The standard InChI is InChI=1S/C34H60N2O21/c1-16-22(42)25(45)30(50)34(54-16)57-31(51)17(6-4-5-9-35-20(39)7-2-3-8-21(40)41)36(10-12-52-32-28(48)26(46)23(43)18(14-37)55-32)11-13-53-33-29(49)27(47)24(44)19(15-38)56-33/h16-19,22-30,32-34,37-38,42-50H,2-15H2,1H3,(H,35,39)(H,40,41)/t16-,17?,18+,19+,22+,23+,24+,25+,26-,27-,28-,29-,30-,32-,33-,34-/m0/s1. The number of hydrogen-bond acceptors (Lipinski definition) is 21. The fourth-order valence-corrected chi connectivity index (χ4v) is 6.50. The zero-order chi connectivity index (χ0) is 42.4. The van der Waals surface area contributed by atoms with Gasteiger partial charge in [-0.2, -0.15) is 0 Å².